The van der Waals surface area contributed by atoms with Gasteiger partial charge in [0.1, 0.15) is 18.1 Å². The summed E-state index contributed by atoms with van der Waals surface area (Å²) < 4.78 is 47.1. The number of rotatable bonds is 9. The van der Waals surface area contributed by atoms with Gasteiger partial charge in [-0.1, -0.05) is 42.5 Å². The normalized spacial score (nSPS) is 11.3. The van der Waals surface area contributed by atoms with Crippen molar-refractivity contribution in [3.8, 4) is 22.6 Å². The average Bonchev–Trinajstić information content (AvgIpc) is 2.90. The second-order valence-electron chi connectivity index (χ2n) is 8.87. The maximum atomic E-state index is 14.9. The van der Waals surface area contributed by atoms with Gasteiger partial charge in [-0.3, -0.25) is 9.52 Å². The van der Waals surface area contributed by atoms with E-state index in [9.17, 15) is 22.7 Å². The fourth-order valence-electron chi connectivity index (χ4n) is 3.54. The molecule has 0 aliphatic carbocycles. The third-order valence-corrected chi connectivity index (χ3v) is 7.53. The van der Waals surface area contributed by atoms with Crippen molar-refractivity contribution in [1.29, 1.82) is 0 Å². The first-order chi connectivity index (χ1) is 18.1. The molecule has 4 aromatic carbocycles. The van der Waals surface area contributed by atoms with Crippen LogP contribution >= 0.6 is 0 Å². The van der Waals surface area contributed by atoms with Crippen LogP contribution < -0.4 is 14.8 Å². The van der Waals surface area contributed by atoms with E-state index in [1.807, 2.05) is 12.1 Å². The molecule has 0 heterocycles. The van der Waals surface area contributed by atoms with Gasteiger partial charge in [0.25, 0.3) is 5.91 Å². The van der Waals surface area contributed by atoms with Crippen LogP contribution in [0, 0.1) is 5.82 Å². The highest BCUT2D eigenvalue weighted by Crippen LogP contribution is 2.25. The third-order valence-electron chi connectivity index (χ3n) is 5.79. The van der Waals surface area contributed by atoms with Crippen LogP contribution in [-0.4, -0.2) is 24.7 Å². The number of anilines is 2. The Hall–Kier alpha value is -4.37. The number of phenols is 1. The number of carbonyl (C=O) groups excluding carboxylic acids is 1. The molecule has 0 aliphatic heterocycles. The molecule has 196 valence electrons. The van der Waals surface area contributed by atoms with Gasteiger partial charge in [-0.05, 0) is 67.4 Å². The van der Waals surface area contributed by atoms with E-state index < -0.39 is 21.1 Å². The Morgan fingerprint density at radius 3 is 2.21 bits per heavy atom. The van der Waals surface area contributed by atoms with Crippen LogP contribution in [0.2, 0.25) is 0 Å². The average molecular weight is 535 g/mol. The maximum absolute atomic E-state index is 14.9. The van der Waals surface area contributed by atoms with Gasteiger partial charge in [0, 0.05) is 22.9 Å². The maximum Gasteiger partial charge on any atom is 0.255 e. The molecule has 0 atom stereocenters. The van der Waals surface area contributed by atoms with Crippen molar-refractivity contribution < 1.29 is 27.4 Å². The summed E-state index contributed by atoms with van der Waals surface area (Å²) in [5.41, 5.74) is 2.81. The van der Waals surface area contributed by atoms with Gasteiger partial charge < -0.3 is 15.2 Å². The third kappa shape index (κ3) is 6.49. The first-order valence-electron chi connectivity index (χ1n) is 11.8. The monoisotopic (exact) mass is 534 g/mol. The molecule has 0 unspecified atom stereocenters. The summed E-state index contributed by atoms with van der Waals surface area (Å²) in [5, 5.41) is 11.6. The first-order valence-corrected chi connectivity index (χ1v) is 13.4. The Balaban J connectivity index is 1.40. The lowest BCUT2D eigenvalue weighted by atomic mass is 10.0. The number of halogens is 1. The van der Waals surface area contributed by atoms with E-state index in [2.05, 4.69) is 10.0 Å². The van der Waals surface area contributed by atoms with Gasteiger partial charge in [-0.15, -0.1) is 0 Å². The lowest BCUT2D eigenvalue weighted by Gasteiger charge is -2.14. The van der Waals surface area contributed by atoms with Gasteiger partial charge in [0.15, 0.2) is 5.82 Å². The zero-order valence-electron chi connectivity index (χ0n) is 20.8. The molecular formula is C29H27FN2O5S. The minimum atomic E-state index is -3.70. The van der Waals surface area contributed by atoms with Crippen LogP contribution in [0.15, 0.2) is 91.0 Å². The largest absolute Gasteiger partial charge is 0.508 e. The topological polar surface area (TPSA) is 105 Å². The first kappa shape index (κ1) is 26.7. The lowest BCUT2D eigenvalue weighted by molar-refractivity contribution is 0.102. The highest BCUT2D eigenvalue weighted by Gasteiger charge is 2.19. The molecule has 0 saturated heterocycles. The molecular weight excluding hydrogens is 507 g/mol. The number of hydrogen-bond donors (Lipinski definition) is 3. The van der Waals surface area contributed by atoms with E-state index in [1.165, 1.54) is 26.0 Å². The molecule has 0 bridgehead atoms. The molecule has 9 heteroatoms. The summed E-state index contributed by atoms with van der Waals surface area (Å²) in [7, 11) is -3.70. The fourth-order valence-corrected chi connectivity index (χ4v) is 4.24. The van der Waals surface area contributed by atoms with Crippen molar-refractivity contribution in [3.05, 3.63) is 108 Å². The Labute approximate surface area is 221 Å². The van der Waals surface area contributed by atoms with Crippen LogP contribution in [0.3, 0.4) is 0 Å². The summed E-state index contributed by atoms with van der Waals surface area (Å²) in [5.74, 6) is -0.436. The Morgan fingerprint density at radius 2 is 1.55 bits per heavy atom. The predicted molar refractivity (Wildman–Crippen MR) is 146 cm³/mol. The Bertz CT molecular complexity index is 1540. The SMILES string of the molecule is CC(C)S(=O)(=O)Nc1cccc(COc2cccc(NC(=O)c3ccc(-c4ccc(O)cc4)cc3)c2)c1F. The van der Waals surface area contributed by atoms with Crippen molar-refractivity contribution in [1.82, 2.24) is 0 Å². The number of sulfonamides is 1. The van der Waals surface area contributed by atoms with E-state index >= 15 is 0 Å². The predicted octanol–water partition coefficient (Wildman–Crippen LogP) is 6.18. The molecule has 7 nitrogen and oxygen atoms in total. The minimum Gasteiger partial charge on any atom is -0.508 e. The number of phenolic OH excluding ortho intramolecular Hbond substituents is 1. The van der Waals surface area contributed by atoms with Crippen LogP contribution in [0.5, 0.6) is 11.5 Å². The van der Waals surface area contributed by atoms with E-state index in [0.717, 1.165) is 11.1 Å². The minimum absolute atomic E-state index is 0.140. The molecule has 1 amide bonds. The van der Waals surface area contributed by atoms with E-state index in [-0.39, 0.29) is 29.5 Å². The molecule has 4 rings (SSSR count). The zero-order valence-corrected chi connectivity index (χ0v) is 21.6. The van der Waals surface area contributed by atoms with E-state index in [1.54, 1.807) is 66.7 Å². The number of nitrogens with one attached hydrogen (secondary N) is 2. The van der Waals surface area contributed by atoms with Crippen molar-refractivity contribution in [2.24, 2.45) is 0 Å². The van der Waals surface area contributed by atoms with Crippen molar-refractivity contribution >= 4 is 27.3 Å². The summed E-state index contributed by atoms with van der Waals surface area (Å²) in [4.78, 5) is 12.8. The quantitative estimate of drug-likeness (QED) is 0.238. The lowest BCUT2D eigenvalue weighted by Crippen LogP contribution is -2.23. The van der Waals surface area contributed by atoms with Crippen LogP contribution in [0.25, 0.3) is 11.1 Å². The molecule has 3 N–H and O–H groups in total. The van der Waals surface area contributed by atoms with E-state index in [4.69, 9.17) is 4.74 Å². The summed E-state index contributed by atoms with van der Waals surface area (Å²) in [6.07, 6.45) is 0. The fraction of sp³-hybridized carbons (Fsp3) is 0.138. The molecule has 38 heavy (non-hydrogen) atoms. The molecule has 0 aromatic heterocycles. The molecule has 0 saturated carbocycles. The zero-order chi connectivity index (χ0) is 27.3. The summed E-state index contributed by atoms with van der Waals surface area (Å²) >= 11 is 0. The highest BCUT2D eigenvalue weighted by atomic mass is 32.2. The summed E-state index contributed by atoms with van der Waals surface area (Å²) in [6.45, 7) is 2.87. The van der Waals surface area contributed by atoms with Crippen molar-refractivity contribution in [2.75, 3.05) is 10.0 Å². The van der Waals surface area contributed by atoms with Crippen LogP contribution in [0.4, 0.5) is 15.8 Å². The molecule has 0 aliphatic rings. The standard InChI is InChI=1S/C29H27FN2O5S/c1-19(2)38(35,36)32-27-8-3-5-23(28(27)30)18-37-26-7-4-6-24(17-26)31-29(34)22-11-9-20(10-12-22)21-13-15-25(33)16-14-21/h3-17,19,32-33H,18H2,1-2H3,(H,31,34). The highest BCUT2D eigenvalue weighted by molar-refractivity contribution is 7.93. The number of benzene rings is 4. The number of aromatic hydroxyl groups is 1. The second-order valence-corrected chi connectivity index (χ2v) is 11.1. The van der Waals surface area contributed by atoms with Gasteiger partial charge in [0.2, 0.25) is 10.0 Å². The van der Waals surface area contributed by atoms with Gasteiger partial charge in [0.05, 0.1) is 10.9 Å². The summed E-state index contributed by atoms with van der Waals surface area (Å²) in [6, 6.07) is 25.0. The van der Waals surface area contributed by atoms with Crippen molar-refractivity contribution in [2.45, 2.75) is 25.7 Å². The molecule has 0 radical (unpaired) electrons. The number of ether oxygens (including phenoxy) is 1. The Morgan fingerprint density at radius 1 is 0.921 bits per heavy atom. The number of hydrogen-bond acceptors (Lipinski definition) is 5. The van der Waals surface area contributed by atoms with Gasteiger partial charge >= 0.3 is 0 Å². The second kappa shape index (κ2) is 11.4. The molecule has 0 spiro atoms. The van der Waals surface area contributed by atoms with Crippen LogP contribution in [-0.2, 0) is 16.6 Å². The number of amides is 1. The van der Waals surface area contributed by atoms with Crippen molar-refractivity contribution in [3.63, 3.8) is 0 Å². The van der Waals surface area contributed by atoms with Gasteiger partial charge in [-0.2, -0.15) is 0 Å². The van der Waals surface area contributed by atoms with Gasteiger partial charge in [-0.25, -0.2) is 12.8 Å². The van der Waals surface area contributed by atoms with Crippen LogP contribution in [0.1, 0.15) is 29.8 Å². The molecule has 0 fully saturated rings. The smallest absolute Gasteiger partial charge is 0.255 e. The van der Waals surface area contributed by atoms with E-state index in [0.29, 0.717) is 17.0 Å². The Kier molecular flexibility index (Phi) is 7.97. The molecule has 4 aromatic rings. The number of carbonyl (C=O) groups is 1.